The third-order valence-corrected chi connectivity index (χ3v) is 3.58. The molecule has 1 aromatic carbocycles. The van der Waals surface area contributed by atoms with Gasteiger partial charge in [0, 0.05) is 34.4 Å². The molecule has 0 spiro atoms. The Morgan fingerprint density at radius 3 is 2.86 bits per heavy atom. The van der Waals surface area contributed by atoms with E-state index in [2.05, 4.69) is 17.2 Å². The summed E-state index contributed by atoms with van der Waals surface area (Å²) in [6, 6.07) is 3.71. The smallest absolute Gasteiger partial charge is 0.252 e. The number of hydrogen-bond acceptors (Lipinski definition) is 3. The van der Waals surface area contributed by atoms with Crippen LogP contribution in [0.15, 0.2) is 18.2 Å². The topological polar surface area (TPSA) is 72.2 Å². The molecular formula is C15H19FN2O2S. The van der Waals surface area contributed by atoms with Crippen LogP contribution in [0.5, 0.6) is 0 Å². The summed E-state index contributed by atoms with van der Waals surface area (Å²) in [5.41, 5.74) is 5.92. The van der Waals surface area contributed by atoms with Crippen LogP contribution < -0.4 is 11.1 Å². The van der Waals surface area contributed by atoms with Crippen LogP contribution in [0.3, 0.4) is 0 Å². The van der Waals surface area contributed by atoms with Crippen LogP contribution in [0.4, 0.5) is 4.39 Å². The van der Waals surface area contributed by atoms with Crippen molar-refractivity contribution in [2.24, 2.45) is 5.73 Å². The lowest BCUT2D eigenvalue weighted by Crippen LogP contribution is -2.34. The summed E-state index contributed by atoms with van der Waals surface area (Å²) in [7, 11) is -0.905. The van der Waals surface area contributed by atoms with Crippen LogP contribution in [0.25, 0.3) is 0 Å². The van der Waals surface area contributed by atoms with Gasteiger partial charge in [-0.1, -0.05) is 11.8 Å². The van der Waals surface area contributed by atoms with Gasteiger partial charge in [-0.25, -0.2) is 4.39 Å². The zero-order valence-corrected chi connectivity index (χ0v) is 12.9. The van der Waals surface area contributed by atoms with E-state index in [0.717, 1.165) is 6.07 Å². The van der Waals surface area contributed by atoms with E-state index >= 15 is 0 Å². The minimum absolute atomic E-state index is 0.153. The van der Waals surface area contributed by atoms with Gasteiger partial charge in [-0.2, -0.15) is 0 Å². The van der Waals surface area contributed by atoms with Crippen molar-refractivity contribution < 1.29 is 13.4 Å². The summed E-state index contributed by atoms with van der Waals surface area (Å²) >= 11 is 0. The number of nitrogens with one attached hydrogen (secondary N) is 1. The van der Waals surface area contributed by atoms with Gasteiger partial charge in [0.05, 0.1) is 12.1 Å². The average Bonchev–Trinajstić information content (AvgIpc) is 2.43. The van der Waals surface area contributed by atoms with Crippen LogP contribution in [0, 0.1) is 17.7 Å². The van der Waals surface area contributed by atoms with Crippen LogP contribution >= 0.6 is 0 Å². The molecule has 6 heteroatoms. The summed E-state index contributed by atoms with van der Waals surface area (Å²) in [6.07, 6.45) is 2.20. The van der Waals surface area contributed by atoms with Crippen LogP contribution in [0.1, 0.15) is 29.3 Å². The van der Waals surface area contributed by atoms with Crippen molar-refractivity contribution >= 4 is 16.7 Å². The van der Waals surface area contributed by atoms with E-state index in [1.54, 1.807) is 6.26 Å². The Hall–Kier alpha value is -1.71. The molecule has 0 aliphatic heterocycles. The van der Waals surface area contributed by atoms with Crippen molar-refractivity contribution in [3.8, 4) is 11.8 Å². The quantitative estimate of drug-likeness (QED) is 0.798. The average molecular weight is 310 g/mol. The molecule has 21 heavy (non-hydrogen) atoms. The Balaban J connectivity index is 2.85. The van der Waals surface area contributed by atoms with Gasteiger partial charge in [0.1, 0.15) is 5.82 Å². The number of nitrogens with two attached hydrogens (primary N) is 1. The molecule has 0 aliphatic carbocycles. The van der Waals surface area contributed by atoms with Crippen LogP contribution in [0.2, 0.25) is 0 Å². The summed E-state index contributed by atoms with van der Waals surface area (Å²) in [5.74, 6) is 5.01. The highest BCUT2D eigenvalue weighted by Crippen LogP contribution is 2.11. The second-order valence-electron chi connectivity index (χ2n) is 4.64. The third kappa shape index (κ3) is 6.06. The van der Waals surface area contributed by atoms with Crippen molar-refractivity contribution in [1.82, 2.24) is 5.32 Å². The van der Waals surface area contributed by atoms with E-state index in [9.17, 15) is 13.4 Å². The van der Waals surface area contributed by atoms with E-state index in [0.29, 0.717) is 17.7 Å². The molecule has 1 aromatic rings. The molecule has 1 amide bonds. The van der Waals surface area contributed by atoms with Gasteiger partial charge < -0.3 is 11.1 Å². The number of rotatable bonds is 5. The monoisotopic (exact) mass is 310 g/mol. The highest BCUT2D eigenvalue weighted by atomic mass is 32.2. The molecule has 114 valence electrons. The number of amides is 1. The largest absolute Gasteiger partial charge is 0.350 e. The molecule has 2 atom stereocenters. The van der Waals surface area contributed by atoms with Crippen molar-refractivity contribution in [3.05, 3.63) is 35.1 Å². The van der Waals surface area contributed by atoms with Crippen molar-refractivity contribution in [1.29, 1.82) is 0 Å². The number of benzene rings is 1. The van der Waals surface area contributed by atoms with Gasteiger partial charge in [-0.15, -0.1) is 0 Å². The molecule has 0 fully saturated rings. The lowest BCUT2D eigenvalue weighted by atomic mass is 10.1. The Labute approximate surface area is 126 Å². The van der Waals surface area contributed by atoms with Gasteiger partial charge in [0.15, 0.2) is 0 Å². The first-order valence-corrected chi connectivity index (χ1v) is 8.26. The summed E-state index contributed by atoms with van der Waals surface area (Å²) in [5, 5.41) is 2.76. The highest BCUT2D eigenvalue weighted by molar-refractivity contribution is 7.84. The van der Waals surface area contributed by atoms with E-state index in [1.807, 2.05) is 6.92 Å². The first-order valence-electron chi connectivity index (χ1n) is 6.53. The minimum atomic E-state index is -0.905. The van der Waals surface area contributed by atoms with E-state index < -0.39 is 22.5 Å². The molecular weight excluding hydrogens is 291 g/mol. The molecule has 4 nitrogen and oxygen atoms in total. The zero-order valence-electron chi connectivity index (χ0n) is 12.1. The Morgan fingerprint density at radius 2 is 2.24 bits per heavy atom. The van der Waals surface area contributed by atoms with Gasteiger partial charge in [-0.3, -0.25) is 9.00 Å². The maximum atomic E-state index is 13.3. The van der Waals surface area contributed by atoms with E-state index in [4.69, 9.17) is 5.73 Å². The number of hydrogen-bond donors (Lipinski definition) is 2. The van der Waals surface area contributed by atoms with Crippen molar-refractivity contribution in [2.75, 3.05) is 18.6 Å². The molecule has 3 N–H and O–H groups in total. The molecule has 0 heterocycles. The number of halogens is 1. The Bertz CT molecular complexity index is 593. The fourth-order valence-corrected chi connectivity index (χ4v) is 2.36. The molecule has 0 radical (unpaired) electrons. The van der Waals surface area contributed by atoms with Crippen molar-refractivity contribution in [2.45, 2.75) is 19.4 Å². The standard InChI is InChI=1S/C15H19FN2O2S/c1-11(7-9-21(2)20)18-15(19)14-10-13(16)6-5-12(14)4-3-8-17/h5-6,10-11H,7-9,17H2,1-2H3,(H,18,19). The summed E-state index contributed by atoms with van der Waals surface area (Å²) < 4.78 is 24.4. The lowest BCUT2D eigenvalue weighted by molar-refractivity contribution is 0.0938. The number of carbonyl (C=O) groups excluding carboxylic acids is 1. The second kappa shape index (κ2) is 8.55. The highest BCUT2D eigenvalue weighted by Gasteiger charge is 2.14. The Morgan fingerprint density at radius 1 is 1.52 bits per heavy atom. The van der Waals surface area contributed by atoms with Crippen molar-refractivity contribution in [3.63, 3.8) is 0 Å². The van der Waals surface area contributed by atoms with Gasteiger partial charge >= 0.3 is 0 Å². The van der Waals surface area contributed by atoms with Gasteiger partial charge in [0.25, 0.3) is 5.91 Å². The Kier molecular flexibility index (Phi) is 7.06. The maximum absolute atomic E-state index is 13.3. The van der Waals surface area contributed by atoms with E-state index in [-0.39, 0.29) is 18.2 Å². The predicted octanol–water partition coefficient (Wildman–Crippen LogP) is 1.02. The fourth-order valence-electron chi connectivity index (χ4n) is 1.68. The number of carbonyl (C=O) groups is 1. The molecule has 0 aliphatic rings. The third-order valence-electron chi connectivity index (χ3n) is 2.77. The molecule has 0 saturated heterocycles. The summed E-state index contributed by atoms with van der Waals surface area (Å²) in [4.78, 5) is 12.2. The molecule has 0 bridgehead atoms. The molecule has 0 saturated carbocycles. The first-order chi connectivity index (χ1) is 9.93. The summed E-state index contributed by atoms with van der Waals surface area (Å²) in [6.45, 7) is 1.98. The van der Waals surface area contributed by atoms with E-state index in [1.165, 1.54) is 12.1 Å². The lowest BCUT2D eigenvalue weighted by Gasteiger charge is -2.14. The van der Waals surface area contributed by atoms with Crippen LogP contribution in [-0.2, 0) is 10.8 Å². The minimum Gasteiger partial charge on any atom is -0.350 e. The normalized spacial score (nSPS) is 13.0. The molecule has 1 rings (SSSR count). The first kappa shape index (κ1) is 17.3. The predicted molar refractivity (Wildman–Crippen MR) is 82.8 cm³/mol. The second-order valence-corrected chi connectivity index (χ2v) is 6.19. The molecule has 2 unspecified atom stereocenters. The molecule has 0 aromatic heterocycles. The zero-order chi connectivity index (χ0) is 15.8. The fraction of sp³-hybridized carbons (Fsp3) is 0.400. The van der Waals surface area contributed by atoms with Crippen LogP contribution in [-0.4, -0.2) is 34.7 Å². The van der Waals surface area contributed by atoms with Gasteiger partial charge in [0.2, 0.25) is 0 Å². The van der Waals surface area contributed by atoms with Gasteiger partial charge in [-0.05, 0) is 31.5 Å². The maximum Gasteiger partial charge on any atom is 0.252 e. The SMILES string of the molecule is CC(CCS(C)=O)NC(=O)c1cc(F)ccc1C#CCN.